The summed E-state index contributed by atoms with van der Waals surface area (Å²) in [5.74, 6) is 0.330. The van der Waals surface area contributed by atoms with Crippen LogP contribution < -0.4 is 15.6 Å². The molecule has 1 spiro atoms. The van der Waals surface area contributed by atoms with Gasteiger partial charge in [0.15, 0.2) is 0 Å². The van der Waals surface area contributed by atoms with Gasteiger partial charge in [0.05, 0.1) is 47.4 Å². The number of hydrazine groups is 1. The molecule has 0 radical (unpaired) electrons. The molecule has 374 valence electrons. The Balaban J connectivity index is 1.01. The zero-order valence-corrected chi connectivity index (χ0v) is 42.7. The minimum atomic E-state index is -0.987. The van der Waals surface area contributed by atoms with Gasteiger partial charge in [-0.15, -0.1) is 11.3 Å². The third-order valence-electron chi connectivity index (χ3n) is 17.2. The molecule has 7 atom stereocenters. The van der Waals surface area contributed by atoms with Crippen LogP contribution in [0.4, 0.5) is 5.82 Å². The Kier molecular flexibility index (Phi) is 11.8. The number of methoxy groups -OCH3 is 1. The topological polar surface area (TPSA) is 163 Å². The van der Waals surface area contributed by atoms with E-state index in [4.69, 9.17) is 19.4 Å². The fourth-order valence-electron chi connectivity index (χ4n) is 12.7. The number of hydrogen-bond acceptors (Lipinski definition) is 14. The Hall–Kier alpha value is -5.33. The van der Waals surface area contributed by atoms with Crippen molar-refractivity contribution in [2.45, 2.75) is 121 Å². The monoisotopic (exact) mass is 982 g/mol. The predicted molar refractivity (Wildman–Crippen MR) is 271 cm³/mol. The van der Waals surface area contributed by atoms with Gasteiger partial charge in [-0.1, -0.05) is 33.8 Å². The number of benzene rings is 1. The number of amides is 2. The van der Waals surface area contributed by atoms with Crippen molar-refractivity contribution in [2.24, 2.45) is 23.2 Å². The maximum absolute atomic E-state index is 15.4. The maximum Gasteiger partial charge on any atom is 0.324 e. The molecule has 1 aromatic carbocycles. The first kappa shape index (κ1) is 46.7. The molecule has 2 amide bonds. The molecule has 2 saturated carbocycles. The normalized spacial score (nSPS) is 28.3. The number of aromatic nitrogens is 5. The van der Waals surface area contributed by atoms with Crippen LogP contribution in [0.25, 0.3) is 33.4 Å². The zero-order valence-electron chi connectivity index (χ0n) is 41.8. The molecule has 6 bridgehead atoms. The molecule has 4 aromatic heterocycles. The number of rotatable bonds is 9. The van der Waals surface area contributed by atoms with E-state index in [-0.39, 0.29) is 53.9 Å². The molecule has 17 heteroatoms. The average molecular weight is 982 g/mol. The first-order chi connectivity index (χ1) is 34.3. The van der Waals surface area contributed by atoms with Gasteiger partial charge < -0.3 is 24.3 Å². The number of esters is 1. The van der Waals surface area contributed by atoms with E-state index in [2.05, 4.69) is 104 Å². The predicted octanol–water partition coefficient (Wildman–Crippen LogP) is 6.75. The highest BCUT2D eigenvalue weighted by Gasteiger charge is 2.57. The third kappa shape index (κ3) is 8.33. The van der Waals surface area contributed by atoms with Crippen molar-refractivity contribution in [2.75, 3.05) is 57.9 Å². The summed E-state index contributed by atoms with van der Waals surface area (Å²) in [6.45, 7) is 15.3. The van der Waals surface area contributed by atoms with E-state index >= 15 is 4.79 Å². The summed E-state index contributed by atoms with van der Waals surface area (Å²) in [7, 11) is 1.73. The number of likely N-dealkylation sites (tertiary alicyclic amines) is 2. The van der Waals surface area contributed by atoms with E-state index in [0.717, 1.165) is 82.4 Å². The summed E-state index contributed by atoms with van der Waals surface area (Å²) < 4.78 is 14.9. The van der Waals surface area contributed by atoms with E-state index in [1.54, 1.807) is 36.0 Å². The fraction of sp³-hybridized carbons (Fsp3) is 0.574. The molecule has 71 heavy (non-hydrogen) atoms. The summed E-state index contributed by atoms with van der Waals surface area (Å²) in [6.07, 6.45) is 11.3. The third-order valence-corrected chi connectivity index (χ3v) is 18.1. The van der Waals surface area contributed by atoms with Gasteiger partial charge in [-0.3, -0.25) is 34.2 Å². The van der Waals surface area contributed by atoms with E-state index in [1.807, 2.05) is 18.3 Å². The van der Waals surface area contributed by atoms with Crippen LogP contribution in [0.1, 0.15) is 108 Å². The van der Waals surface area contributed by atoms with Crippen LogP contribution in [0.5, 0.6) is 0 Å². The lowest BCUT2D eigenvalue weighted by Gasteiger charge is -2.56. The summed E-state index contributed by atoms with van der Waals surface area (Å²) in [5, 5.41) is 8.91. The number of anilines is 1. The fourth-order valence-corrected chi connectivity index (χ4v) is 13.7. The molecule has 12 rings (SSSR count). The van der Waals surface area contributed by atoms with Gasteiger partial charge in [-0.05, 0) is 99.6 Å². The standard InChI is InChI=1S/C54H67N11O5S/c1-31-32(2)44(31)49(66)59-46-48(62-27-54(28-62)17-9-20-63(54)43-16-19-55-30-57-43)50-58-41(26-71-50)34-12-15-42-38(22-34)39(23-53(4,5)29-70-52(68)40-11-8-21-64(60-40)51(46)67)47(37-10-7-18-56-45(37)33(3)69-6)65(42)36-24-61(25-36)35-13-14-35/h7,10,12,15-16,18-19,22,26,30-33,35-36,40,44,46,48,60H,8-9,11,13-14,17,20-21,23-25,27-29H2,1-6H3,(H,59,66)/t31-,32+,33-,40-,44?,46-,48-/m0/s1. The zero-order chi connectivity index (χ0) is 48.9. The van der Waals surface area contributed by atoms with Crippen molar-refractivity contribution < 1.29 is 23.9 Å². The molecule has 2 N–H and O–H groups in total. The minimum absolute atomic E-state index is 0.122. The number of cyclic esters (lactones) is 1. The number of carbonyl (C=O) groups excluding carboxylic acids is 3. The quantitative estimate of drug-likeness (QED) is 0.149. The molecule has 2 aliphatic carbocycles. The highest BCUT2D eigenvalue weighted by atomic mass is 32.1. The lowest BCUT2D eigenvalue weighted by Crippen LogP contribution is -2.71. The second-order valence-corrected chi connectivity index (χ2v) is 23.4. The van der Waals surface area contributed by atoms with Gasteiger partial charge in [-0.2, -0.15) is 0 Å². The Morgan fingerprint density at radius 2 is 1.80 bits per heavy atom. The van der Waals surface area contributed by atoms with Gasteiger partial charge in [0.1, 0.15) is 29.2 Å². The van der Waals surface area contributed by atoms with Crippen LogP contribution in [0, 0.1) is 23.2 Å². The van der Waals surface area contributed by atoms with E-state index < -0.39 is 29.5 Å². The largest absolute Gasteiger partial charge is 0.464 e. The Morgan fingerprint density at radius 3 is 2.55 bits per heavy atom. The number of nitrogens with one attached hydrogen (secondary N) is 2. The maximum atomic E-state index is 15.4. The van der Waals surface area contributed by atoms with Crippen molar-refractivity contribution in [1.29, 1.82) is 0 Å². The molecule has 9 heterocycles. The lowest BCUT2D eigenvalue weighted by atomic mass is 9.84. The summed E-state index contributed by atoms with van der Waals surface area (Å²) in [4.78, 5) is 70.7. The number of hydrogen-bond donors (Lipinski definition) is 2. The van der Waals surface area contributed by atoms with Crippen LogP contribution in [0.3, 0.4) is 0 Å². The molecular formula is C54H67N11O5S. The van der Waals surface area contributed by atoms with Crippen molar-refractivity contribution in [3.63, 3.8) is 0 Å². The Bertz CT molecular complexity index is 2850. The molecule has 5 aromatic rings. The second-order valence-electron chi connectivity index (χ2n) is 22.5. The summed E-state index contributed by atoms with van der Waals surface area (Å²) >= 11 is 1.54. The van der Waals surface area contributed by atoms with Crippen LogP contribution in [-0.4, -0.2) is 134 Å². The molecule has 5 aliphatic heterocycles. The molecule has 6 fully saturated rings. The highest BCUT2D eigenvalue weighted by molar-refractivity contribution is 7.10. The SMILES string of the molecule is CO[C@@H](C)c1ncccc1-c1c2c3cc(ccc3n1C1CN(C3CC3)C1)-c1csc(n1)[C@@H](N1CC3(CCCN3c3ccncn3)C1)[C@H](NC(=O)C1[C@@H](C)[C@H]1C)C(=O)N1CCC[C@H](N1)C(=O)OCC(C)(C)C2. The van der Waals surface area contributed by atoms with E-state index in [9.17, 15) is 9.59 Å². The van der Waals surface area contributed by atoms with Crippen molar-refractivity contribution in [3.8, 4) is 22.5 Å². The first-order valence-electron chi connectivity index (χ1n) is 26.0. The lowest BCUT2D eigenvalue weighted by molar-refractivity contribution is -0.156. The van der Waals surface area contributed by atoms with Gasteiger partial charge >= 0.3 is 5.97 Å². The molecule has 7 aliphatic rings. The van der Waals surface area contributed by atoms with Crippen LogP contribution in [0.2, 0.25) is 0 Å². The van der Waals surface area contributed by atoms with Crippen LogP contribution in [-0.2, 0) is 30.3 Å². The van der Waals surface area contributed by atoms with Gasteiger partial charge in [0.25, 0.3) is 5.91 Å². The first-order valence-corrected chi connectivity index (χ1v) is 26.9. The molecule has 1 unspecified atom stereocenters. The van der Waals surface area contributed by atoms with Crippen LogP contribution >= 0.6 is 11.3 Å². The van der Waals surface area contributed by atoms with E-state index in [1.165, 1.54) is 18.4 Å². The summed E-state index contributed by atoms with van der Waals surface area (Å²) in [6, 6.07) is 11.5. The number of ether oxygens (including phenoxy) is 2. The van der Waals surface area contributed by atoms with Crippen molar-refractivity contribution in [3.05, 3.63) is 76.8 Å². The number of pyridine rings is 1. The number of nitrogens with zero attached hydrogens (tertiary/aromatic N) is 9. The molecule has 4 saturated heterocycles. The highest BCUT2D eigenvalue weighted by Crippen LogP contribution is 2.49. The number of carbonyl (C=O) groups is 3. The number of thiazole rings is 1. The molecular weight excluding hydrogens is 915 g/mol. The van der Waals surface area contributed by atoms with Crippen molar-refractivity contribution in [1.82, 2.24) is 50.1 Å². The molecule has 16 nitrogen and oxygen atoms in total. The average Bonchev–Trinajstić information content (AvgIpc) is 4.09. The Labute approximate surface area is 419 Å². The van der Waals surface area contributed by atoms with Crippen molar-refractivity contribution >= 4 is 45.8 Å². The smallest absolute Gasteiger partial charge is 0.324 e. The Morgan fingerprint density at radius 1 is 0.986 bits per heavy atom. The van der Waals surface area contributed by atoms with E-state index in [0.29, 0.717) is 44.9 Å². The second kappa shape index (κ2) is 18.0. The van der Waals surface area contributed by atoms with Gasteiger partial charge in [0.2, 0.25) is 5.91 Å². The number of fused-ring (bicyclic) bond motifs is 6. The van der Waals surface area contributed by atoms with Gasteiger partial charge in [0, 0.05) is 104 Å². The summed E-state index contributed by atoms with van der Waals surface area (Å²) in [5.41, 5.74) is 9.80. The van der Waals surface area contributed by atoms with Crippen LogP contribution in [0.15, 0.2) is 60.5 Å². The van der Waals surface area contributed by atoms with Gasteiger partial charge in [-0.25, -0.2) is 20.4 Å². The minimum Gasteiger partial charge on any atom is -0.464 e.